The van der Waals surface area contributed by atoms with Gasteiger partial charge >= 0.3 is 0 Å². The normalized spacial score (nSPS) is 21.9. The van der Waals surface area contributed by atoms with Crippen molar-refractivity contribution in [3.63, 3.8) is 0 Å². The van der Waals surface area contributed by atoms with E-state index < -0.39 is 0 Å². The minimum Gasteiger partial charge on any atom is -0.394 e. The van der Waals surface area contributed by atoms with Gasteiger partial charge in [-0.1, -0.05) is 0 Å². The van der Waals surface area contributed by atoms with Crippen molar-refractivity contribution in [3.05, 3.63) is 22.1 Å². The first-order valence-electron chi connectivity index (χ1n) is 6.17. The molecular weight excluding hydrogens is 216 g/mol. The second kappa shape index (κ2) is 4.87. The maximum absolute atomic E-state index is 11.2. The molecule has 3 N–H and O–H groups in total. The average molecular weight is 236 g/mol. The smallest absolute Gasteiger partial charge is 0.287 e. The summed E-state index contributed by atoms with van der Waals surface area (Å²) in [5.41, 5.74) is 6.49. The van der Waals surface area contributed by atoms with Crippen LogP contribution in [-0.2, 0) is 0 Å². The molecule has 1 atom stereocenters. The topological polar surface area (TPSA) is 75.0 Å². The van der Waals surface area contributed by atoms with Gasteiger partial charge in [0.05, 0.1) is 5.69 Å². The van der Waals surface area contributed by atoms with Gasteiger partial charge < -0.3 is 10.6 Å². The highest BCUT2D eigenvalue weighted by Gasteiger charge is 2.24. The number of nitrogen functional groups attached to an aromatic ring is 1. The van der Waals surface area contributed by atoms with E-state index >= 15 is 0 Å². The number of hydrogen-bond acceptors (Lipinski definition) is 4. The summed E-state index contributed by atoms with van der Waals surface area (Å²) in [7, 11) is 0. The fraction of sp³-hybridized carbons (Fsp3) is 0.667. The van der Waals surface area contributed by atoms with Crippen molar-refractivity contribution >= 4 is 5.69 Å². The Morgan fingerprint density at radius 1 is 1.59 bits per heavy atom. The Kier molecular flexibility index (Phi) is 3.47. The van der Waals surface area contributed by atoms with Gasteiger partial charge in [-0.25, -0.2) is 5.10 Å². The molecule has 94 valence electrons. The summed E-state index contributed by atoms with van der Waals surface area (Å²) >= 11 is 0. The number of likely N-dealkylation sites (tertiary alicyclic amines) is 1. The molecule has 0 radical (unpaired) electrons. The van der Waals surface area contributed by atoms with E-state index in [-0.39, 0.29) is 11.2 Å². The summed E-state index contributed by atoms with van der Waals surface area (Å²) in [6.07, 6.45) is 2.28. The van der Waals surface area contributed by atoms with Crippen molar-refractivity contribution in [2.24, 2.45) is 0 Å². The summed E-state index contributed by atoms with van der Waals surface area (Å²) < 4.78 is 0. The first kappa shape index (κ1) is 12.1. The quantitative estimate of drug-likeness (QED) is 0.801. The van der Waals surface area contributed by atoms with E-state index in [2.05, 4.69) is 28.9 Å². The molecule has 5 nitrogen and oxygen atoms in total. The molecule has 1 saturated heterocycles. The number of H-pyrrole nitrogens is 1. The number of piperidine rings is 1. The molecule has 1 fully saturated rings. The number of nitrogens with zero attached hydrogens (tertiary/aromatic N) is 2. The van der Waals surface area contributed by atoms with Crippen LogP contribution >= 0.6 is 0 Å². The molecule has 2 heterocycles. The SMILES string of the molecule is CC(C)N1CCCC(c2cc(N)c(=O)[nH]n2)C1. The van der Waals surface area contributed by atoms with E-state index in [1.165, 1.54) is 6.42 Å². The molecule has 1 aromatic heterocycles. The second-order valence-corrected chi connectivity index (χ2v) is 5.01. The van der Waals surface area contributed by atoms with Gasteiger partial charge in [0, 0.05) is 18.5 Å². The molecule has 0 saturated carbocycles. The standard InChI is InChI=1S/C12H20N4O/c1-8(2)16-5-3-4-9(7-16)11-6-10(13)12(17)15-14-11/h6,8-9H,3-5,7H2,1-2H3,(H2,13,14)(H,15,17). The molecule has 17 heavy (non-hydrogen) atoms. The Morgan fingerprint density at radius 2 is 2.35 bits per heavy atom. The highest BCUT2D eigenvalue weighted by molar-refractivity contribution is 5.35. The number of nitrogens with one attached hydrogen (secondary N) is 1. The number of anilines is 1. The third kappa shape index (κ3) is 2.66. The van der Waals surface area contributed by atoms with Crippen molar-refractivity contribution in [3.8, 4) is 0 Å². The number of aromatic nitrogens is 2. The Bertz CT molecular complexity index is 440. The summed E-state index contributed by atoms with van der Waals surface area (Å²) in [5.74, 6) is 0.380. The lowest BCUT2D eigenvalue weighted by atomic mass is 9.93. The molecule has 0 aliphatic carbocycles. The second-order valence-electron chi connectivity index (χ2n) is 5.01. The zero-order valence-corrected chi connectivity index (χ0v) is 10.4. The maximum atomic E-state index is 11.2. The molecule has 1 aliphatic rings. The average Bonchev–Trinajstić information content (AvgIpc) is 2.33. The van der Waals surface area contributed by atoms with Crippen LogP contribution in [0.1, 0.15) is 38.3 Å². The molecule has 5 heteroatoms. The molecule has 0 spiro atoms. The Hall–Kier alpha value is -1.36. The van der Waals surface area contributed by atoms with Crippen LogP contribution < -0.4 is 11.3 Å². The highest BCUT2D eigenvalue weighted by atomic mass is 16.1. The van der Waals surface area contributed by atoms with Crippen LogP contribution in [0.4, 0.5) is 5.69 Å². The molecule has 0 bridgehead atoms. The number of rotatable bonds is 2. The lowest BCUT2D eigenvalue weighted by Crippen LogP contribution is -2.39. The molecule has 1 aliphatic heterocycles. The van der Waals surface area contributed by atoms with Crippen molar-refractivity contribution in [2.75, 3.05) is 18.8 Å². The van der Waals surface area contributed by atoms with E-state index in [0.29, 0.717) is 12.0 Å². The zero-order chi connectivity index (χ0) is 12.4. The zero-order valence-electron chi connectivity index (χ0n) is 10.4. The predicted molar refractivity (Wildman–Crippen MR) is 68.0 cm³/mol. The molecule has 1 aromatic rings. The predicted octanol–water partition coefficient (Wildman–Crippen LogP) is 0.940. The summed E-state index contributed by atoms with van der Waals surface area (Å²) in [6.45, 7) is 6.55. The van der Waals surface area contributed by atoms with Crippen LogP contribution in [0.5, 0.6) is 0 Å². The van der Waals surface area contributed by atoms with Crippen LogP contribution in [0.25, 0.3) is 0 Å². The summed E-state index contributed by atoms with van der Waals surface area (Å²) in [6, 6.07) is 2.27. The van der Waals surface area contributed by atoms with Crippen LogP contribution in [-0.4, -0.2) is 34.2 Å². The summed E-state index contributed by atoms with van der Waals surface area (Å²) in [5, 5.41) is 6.57. The highest BCUT2D eigenvalue weighted by Crippen LogP contribution is 2.26. The minimum atomic E-state index is -0.301. The first-order chi connectivity index (χ1) is 8.08. The molecule has 0 amide bonds. The van der Waals surface area contributed by atoms with Gasteiger partial charge in [-0.2, -0.15) is 5.10 Å². The van der Waals surface area contributed by atoms with Gasteiger partial charge in [-0.15, -0.1) is 0 Å². The van der Waals surface area contributed by atoms with Crippen LogP contribution in [0.2, 0.25) is 0 Å². The van der Waals surface area contributed by atoms with Gasteiger partial charge in [0.15, 0.2) is 0 Å². The monoisotopic (exact) mass is 236 g/mol. The lowest BCUT2D eigenvalue weighted by Gasteiger charge is -2.35. The first-order valence-corrected chi connectivity index (χ1v) is 6.17. The van der Waals surface area contributed by atoms with Gasteiger partial charge in [0.1, 0.15) is 5.69 Å². The third-order valence-electron chi connectivity index (χ3n) is 3.45. The molecule has 1 unspecified atom stereocenters. The van der Waals surface area contributed by atoms with Crippen LogP contribution in [0.15, 0.2) is 10.9 Å². The summed E-state index contributed by atoms with van der Waals surface area (Å²) in [4.78, 5) is 13.6. The third-order valence-corrected chi connectivity index (χ3v) is 3.45. The van der Waals surface area contributed by atoms with Gasteiger partial charge in [-0.05, 0) is 39.3 Å². The Labute approximate surface area is 101 Å². The van der Waals surface area contributed by atoms with Gasteiger partial charge in [-0.3, -0.25) is 4.79 Å². The van der Waals surface area contributed by atoms with Crippen LogP contribution in [0.3, 0.4) is 0 Å². The number of aromatic amines is 1. The maximum Gasteiger partial charge on any atom is 0.287 e. The minimum absolute atomic E-state index is 0.261. The van der Waals surface area contributed by atoms with E-state index in [1.54, 1.807) is 6.07 Å². The Morgan fingerprint density at radius 3 is 3.00 bits per heavy atom. The number of nitrogens with two attached hydrogens (primary N) is 1. The van der Waals surface area contributed by atoms with Crippen molar-refractivity contribution in [2.45, 2.75) is 38.6 Å². The van der Waals surface area contributed by atoms with Gasteiger partial charge in [0.2, 0.25) is 0 Å². The van der Waals surface area contributed by atoms with Crippen molar-refractivity contribution in [1.82, 2.24) is 15.1 Å². The van der Waals surface area contributed by atoms with Crippen molar-refractivity contribution in [1.29, 1.82) is 0 Å². The van der Waals surface area contributed by atoms with Gasteiger partial charge in [0.25, 0.3) is 5.56 Å². The fourth-order valence-electron chi connectivity index (χ4n) is 2.36. The largest absolute Gasteiger partial charge is 0.394 e. The molecule has 2 rings (SSSR count). The number of hydrogen-bond donors (Lipinski definition) is 2. The molecule has 0 aromatic carbocycles. The van der Waals surface area contributed by atoms with Crippen LogP contribution in [0, 0.1) is 0 Å². The van der Waals surface area contributed by atoms with E-state index in [4.69, 9.17) is 5.73 Å². The van der Waals surface area contributed by atoms with E-state index in [0.717, 1.165) is 25.2 Å². The van der Waals surface area contributed by atoms with Crippen molar-refractivity contribution < 1.29 is 0 Å². The fourth-order valence-corrected chi connectivity index (χ4v) is 2.36. The lowest BCUT2D eigenvalue weighted by molar-refractivity contribution is 0.166. The Balaban J connectivity index is 2.16. The van der Waals surface area contributed by atoms with E-state index in [9.17, 15) is 4.79 Å². The molecular formula is C12H20N4O. The van der Waals surface area contributed by atoms with E-state index in [1.807, 2.05) is 0 Å².